The van der Waals surface area contributed by atoms with Gasteiger partial charge in [-0.25, -0.2) is 0 Å². The topological polar surface area (TPSA) is 15.3 Å². The molecule has 0 amide bonds. The van der Waals surface area contributed by atoms with Crippen molar-refractivity contribution >= 4 is 0 Å². The molecule has 0 saturated carbocycles. The van der Waals surface area contributed by atoms with Gasteiger partial charge in [0.2, 0.25) is 0 Å². The van der Waals surface area contributed by atoms with E-state index in [9.17, 15) is 0 Å². The van der Waals surface area contributed by atoms with Gasteiger partial charge in [0, 0.05) is 12.1 Å². The molecule has 2 heteroatoms. The van der Waals surface area contributed by atoms with Crippen LogP contribution in [0.1, 0.15) is 27.2 Å². The van der Waals surface area contributed by atoms with Gasteiger partial charge in [0.15, 0.2) is 0 Å². The molecule has 0 radical (unpaired) electrons. The lowest BCUT2D eigenvalue weighted by molar-refractivity contribution is 0.0998. The first kappa shape index (κ1) is 10.0. The van der Waals surface area contributed by atoms with Gasteiger partial charge in [-0.05, 0) is 39.4 Å². The van der Waals surface area contributed by atoms with E-state index in [0.29, 0.717) is 11.5 Å². The number of hydrogen-bond acceptors (Lipinski definition) is 2. The van der Waals surface area contributed by atoms with E-state index in [2.05, 4.69) is 38.0 Å². The van der Waals surface area contributed by atoms with Crippen LogP contribution in [0, 0.1) is 5.92 Å². The second kappa shape index (κ2) is 3.75. The fourth-order valence-corrected chi connectivity index (χ4v) is 1.82. The van der Waals surface area contributed by atoms with Crippen LogP contribution in [-0.4, -0.2) is 37.1 Å². The molecule has 1 N–H and O–H groups in total. The van der Waals surface area contributed by atoms with Crippen molar-refractivity contribution in [3.63, 3.8) is 0 Å². The Labute approximate surface area is 76.3 Å². The predicted molar refractivity (Wildman–Crippen MR) is 53.4 cm³/mol. The summed E-state index contributed by atoms with van der Waals surface area (Å²) in [6.45, 7) is 10.5. The Hall–Kier alpha value is -0.0800. The number of nitrogens with one attached hydrogen (secondary N) is 1. The summed E-state index contributed by atoms with van der Waals surface area (Å²) < 4.78 is 0. The first-order valence-corrected chi connectivity index (χ1v) is 4.99. The minimum atomic E-state index is 0.344. The molecule has 1 fully saturated rings. The van der Waals surface area contributed by atoms with Crippen LogP contribution >= 0.6 is 0 Å². The maximum absolute atomic E-state index is 3.51. The average molecular weight is 170 g/mol. The molecule has 72 valence electrons. The first-order valence-electron chi connectivity index (χ1n) is 4.99. The smallest absolute Gasteiger partial charge is 0.0325 e. The Bertz CT molecular complexity index is 145. The van der Waals surface area contributed by atoms with Gasteiger partial charge in [-0.15, -0.1) is 0 Å². The van der Waals surface area contributed by atoms with Crippen molar-refractivity contribution in [3.05, 3.63) is 0 Å². The fraction of sp³-hybridized carbons (Fsp3) is 1.00. The molecular weight excluding hydrogens is 148 g/mol. The highest BCUT2D eigenvalue weighted by molar-refractivity contribution is 4.91. The quantitative estimate of drug-likeness (QED) is 0.638. The molecule has 0 aromatic heterocycles. The van der Waals surface area contributed by atoms with Crippen LogP contribution in [0.4, 0.5) is 0 Å². The predicted octanol–water partition coefficient (Wildman–Crippen LogP) is 1.33. The summed E-state index contributed by atoms with van der Waals surface area (Å²) in [5, 5.41) is 3.51. The molecular formula is C10H22N2. The zero-order valence-electron chi connectivity index (χ0n) is 8.85. The number of hydrogen-bond donors (Lipinski definition) is 1. The van der Waals surface area contributed by atoms with E-state index in [1.807, 2.05) is 0 Å². The minimum Gasteiger partial charge on any atom is -0.315 e. The Kier molecular flexibility index (Phi) is 3.13. The zero-order valence-corrected chi connectivity index (χ0v) is 8.85. The summed E-state index contributed by atoms with van der Waals surface area (Å²) in [4.78, 5) is 2.50. The minimum absolute atomic E-state index is 0.344. The van der Waals surface area contributed by atoms with Crippen molar-refractivity contribution in [1.29, 1.82) is 0 Å². The Morgan fingerprint density at radius 3 is 2.67 bits per heavy atom. The summed E-state index contributed by atoms with van der Waals surface area (Å²) in [6.07, 6.45) is 1.28. The largest absolute Gasteiger partial charge is 0.315 e. The average Bonchev–Trinajstić information content (AvgIpc) is 2.16. The van der Waals surface area contributed by atoms with Crippen molar-refractivity contribution in [1.82, 2.24) is 10.2 Å². The van der Waals surface area contributed by atoms with Gasteiger partial charge in [0.25, 0.3) is 0 Å². The second-order valence-corrected chi connectivity index (χ2v) is 4.46. The van der Waals surface area contributed by atoms with Gasteiger partial charge < -0.3 is 5.32 Å². The van der Waals surface area contributed by atoms with Gasteiger partial charge in [-0.2, -0.15) is 0 Å². The molecule has 1 unspecified atom stereocenters. The van der Waals surface area contributed by atoms with Crippen molar-refractivity contribution in [2.24, 2.45) is 5.92 Å². The van der Waals surface area contributed by atoms with E-state index in [0.717, 1.165) is 6.54 Å². The van der Waals surface area contributed by atoms with Gasteiger partial charge >= 0.3 is 0 Å². The van der Waals surface area contributed by atoms with Crippen LogP contribution in [0.3, 0.4) is 0 Å². The third-order valence-electron chi connectivity index (χ3n) is 3.45. The molecule has 0 spiro atoms. The van der Waals surface area contributed by atoms with E-state index in [1.54, 1.807) is 0 Å². The molecule has 1 atom stereocenters. The molecule has 1 aliphatic heterocycles. The van der Waals surface area contributed by atoms with Crippen LogP contribution in [0.25, 0.3) is 0 Å². The van der Waals surface area contributed by atoms with Crippen LogP contribution < -0.4 is 5.32 Å². The summed E-state index contributed by atoms with van der Waals surface area (Å²) in [5.74, 6) is 0.716. The van der Waals surface area contributed by atoms with E-state index in [1.165, 1.54) is 19.5 Å². The zero-order chi connectivity index (χ0) is 9.19. The molecule has 0 bridgehead atoms. The third kappa shape index (κ3) is 1.80. The standard InChI is InChI=1S/C10H22N2/c1-9(2)10(3)8-11-6-5-7-12(10)4/h9,11H,5-8H2,1-4H3. The van der Waals surface area contributed by atoms with Crippen molar-refractivity contribution in [3.8, 4) is 0 Å². The second-order valence-electron chi connectivity index (χ2n) is 4.46. The Morgan fingerprint density at radius 1 is 1.42 bits per heavy atom. The van der Waals surface area contributed by atoms with Crippen molar-refractivity contribution < 1.29 is 0 Å². The molecule has 1 aliphatic rings. The van der Waals surface area contributed by atoms with E-state index in [4.69, 9.17) is 0 Å². The molecule has 0 aromatic carbocycles. The lowest BCUT2D eigenvalue weighted by atomic mass is 9.87. The Morgan fingerprint density at radius 2 is 2.08 bits per heavy atom. The monoisotopic (exact) mass is 170 g/mol. The van der Waals surface area contributed by atoms with E-state index in [-0.39, 0.29) is 0 Å². The van der Waals surface area contributed by atoms with E-state index < -0.39 is 0 Å². The van der Waals surface area contributed by atoms with Gasteiger partial charge in [-0.1, -0.05) is 13.8 Å². The fourth-order valence-electron chi connectivity index (χ4n) is 1.82. The highest BCUT2D eigenvalue weighted by atomic mass is 15.2. The highest BCUT2D eigenvalue weighted by Gasteiger charge is 2.33. The first-order chi connectivity index (χ1) is 5.57. The van der Waals surface area contributed by atoms with Crippen molar-refractivity contribution in [2.45, 2.75) is 32.7 Å². The maximum Gasteiger partial charge on any atom is 0.0325 e. The lowest BCUT2D eigenvalue weighted by Gasteiger charge is -2.41. The van der Waals surface area contributed by atoms with Gasteiger partial charge in [-0.3, -0.25) is 4.90 Å². The summed E-state index contributed by atoms with van der Waals surface area (Å²) in [5.41, 5.74) is 0.344. The molecule has 2 nitrogen and oxygen atoms in total. The Balaban J connectivity index is 2.69. The number of rotatable bonds is 1. The van der Waals surface area contributed by atoms with Crippen LogP contribution in [0.2, 0.25) is 0 Å². The molecule has 1 heterocycles. The van der Waals surface area contributed by atoms with Crippen LogP contribution in [0.15, 0.2) is 0 Å². The number of nitrogens with zero attached hydrogens (tertiary/aromatic N) is 1. The third-order valence-corrected chi connectivity index (χ3v) is 3.45. The molecule has 0 aliphatic carbocycles. The summed E-state index contributed by atoms with van der Waals surface area (Å²) >= 11 is 0. The molecule has 1 saturated heterocycles. The molecule has 12 heavy (non-hydrogen) atoms. The lowest BCUT2D eigenvalue weighted by Crippen LogP contribution is -2.52. The van der Waals surface area contributed by atoms with E-state index >= 15 is 0 Å². The van der Waals surface area contributed by atoms with Crippen LogP contribution in [-0.2, 0) is 0 Å². The normalized spacial score (nSPS) is 33.8. The van der Waals surface area contributed by atoms with Crippen molar-refractivity contribution in [2.75, 3.05) is 26.7 Å². The molecule has 1 rings (SSSR count). The van der Waals surface area contributed by atoms with Crippen LogP contribution in [0.5, 0.6) is 0 Å². The maximum atomic E-state index is 3.51. The molecule has 0 aromatic rings. The summed E-state index contributed by atoms with van der Waals surface area (Å²) in [7, 11) is 2.24. The van der Waals surface area contributed by atoms with Gasteiger partial charge in [0.05, 0.1) is 0 Å². The highest BCUT2D eigenvalue weighted by Crippen LogP contribution is 2.23. The van der Waals surface area contributed by atoms with Gasteiger partial charge in [0.1, 0.15) is 0 Å². The number of likely N-dealkylation sites (N-methyl/N-ethyl adjacent to an activating group) is 1. The summed E-state index contributed by atoms with van der Waals surface area (Å²) in [6, 6.07) is 0. The SMILES string of the molecule is CC(C)C1(C)CNCCCN1C.